The van der Waals surface area contributed by atoms with Crippen LogP contribution >= 0.6 is 0 Å². The number of halogens is 4. The Balaban J connectivity index is 1.59. The number of amides is 1. The first kappa shape index (κ1) is 19.0. The number of carbonyl (C=O) groups excluding carboxylic acids is 1. The van der Waals surface area contributed by atoms with E-state index in [1.54, 1.807) is 12.1 Å². The van der Waals surface area contributed by atoms with Crippen molar-refractivity contribution in [3.05, 3.63) is 71.6 Å². The lowest BCUT2D eigenvalue weighted by atomic mass is 10.0. The molecule has 0 spiro atoms. The molecule has 4 rings (SSSR count). The van der Waals surface area contributed by atoms with Gasteiger partial charge in [0, 0.05) is 13.0 Å². The van der Waals surface area contributed by atoms with Crippen molar-refractivity contribution in [2.75, 3.05) is 5.32 Å². The molecule has 6 nitrogen and oxygen atoms in total. The van der Waals surface area contributed by atoms with Crippen molar-refractivity contribution in [2.45, 2.75) is 31.2 Å². The van der Waals surface area contributed by atoms with Crippen LogP contribution in [0, 0.1) is 5.82 Å². The summed E-state index contributed by atoms with van der Waals surface area (Å²) in [7, 11) is 0. The van der Waals surface area contributed by atoms with Crippen LogP contribution in [0.25, 0.3) is 0 Å². The molecule has 0 radical (unpaired) electrons. The van der Waals surface area contributed by atoms with Crippen LogP contribution in [0.3, 0.4) is 0 Å². The second-order valence-corrected chi connectivity index (χ2v) is 6.67. The van der Waals surface area contributed by atoms with E-state index >= 15 is 0 Å². The normalized spacial score (nSPS) is 18.8. The van der Waals surface area contributed by atoms with Gasteiger partial charge in [0.15, 0.2) is 6.04 Å². The summed E-state index contributed by atoms with van der Waals surface area (Å²) in [5.41, 5.74) is 0.632. The van der Waals surface area contributed by atoms with E-state index in [4.69, 9.17) is 4.42 Å². The molecule has 0 saturated carbocycles. The van der Waals surface area contributed by atoms with Gasteiger partial charge >= 0.3 is 6.18 Å². The van der Waals surface area contributed by atoms with Gasteiger partial charge in [-0.2, -0.15) is 18.3 Å². The van der Waals surface area contributed by atoms with Crippen LogP contribution in [-0.2, 0) is 6.54 Å². The third-order valence-electron chi connectivity index (χ3n) is 4.74. The molecule has 2 N–H and O–H groups in total. The van der Waals surface area contributed by atoms with Crippen molar-refractivity contribution in [1.82, 2.24) is 15.1 Å². The second kappa shape index (κ2) is 7.26. The first-order valence-electron chi connectivity index (χ1n) is 8.79. The maximum atomic E-state index is 13.6. The summed E-state index contributed by atoms with van der Waals surface area (Å²) in [6.07, 6.45) is -2.38. The summed E-state index contributed by atoms with van der Waals surface area (Å²) in [6.45, 7) is 0.0913. The molecule has 0 unspecified atom stereocenters. The average molecular weight is 408 g/mol. The summed E-state index contributed by atoms with van der Waals surface area (Å²) in [5, 5.41) is 9.35. The van der Waals surface area contributed by atoms with Crippen molar-refractivity contribution in [3.8, 4) is 0 Å². The van der Waals surface area contributed by atoms with E-state index < -0.39 is 30.0 Å². The standard InChI is InChI=1S/C19H16F4N4O2/c20-12-5-3-11(4-6-12)9-24-18(28)13-10-25-27-16(19(21,22)23)8-14(26-17(13)27)15-2-1-7-29-15/h1-7,10,14,16,26H,8-9H2,(H,24,28)/t14-,16+/m1/s1. The molecule has 1 amide bonds. The number of rotatable bonds is 4. The van der Waals surface area contributed by atoms with Crippen LogP contribution < -0.4 is 10.6 Å². The molecule has 0 bridgehead atoms. The van der Waals surface area contributed by atoms with Crippen LogP contribution in [-0.4, -0.2) is 21.9 Å². The molecular formula is C19H16F4N4O2. The first-order chi connectivity index (χ1) is 13.8. The van der Waals surface area contributed by atoms with Gasteiger partial charge in [0.05, 0.1) is 18.5 Å². The van der Waals surface area contributed by atoms with Gasteiger partial charge in [-0.3, -0.25) is 4.79 Å². The lowest BCUT2D eigenvalue weighted by molar-refractivity contribution is -0.174. The van der Waals surface area contributed by atoms with E-state index in [1.807, 2.05) is 0 Å². The average Bonchev–Trinajstić information content (AvgIpc) is 3.35. The molecule has 1 aliphatic rings. The van der Waals surface area contributed by atoms with Crippen molar-refractivity contribution >= 4 is 11.7 Å². The van der Waals surface area contributed by atoms with Crippen molar-refractivity contribution in [2.24, 2.45) is 0 Å². The predicted octanol–water partition coefficient (Wildman–Crippen LogP) is 4.21. The zero-order chi connectivity index (χ0) is 20.6. The Labute approximate surface area is 162 Å². The number of alkyl halides is 3. The van der Waals surface area contributed by atoms with E-state index in [2.05, 4.69) is 15.7 Å². The lowest BCUT2D eigenvalue weighted by Gasteiger charge is -2.32. The highest BCUT2D eigenvalue weighted by atomic mass is 19.4. The van der Waals surface area contributed by atoms with Gasteiger partial charge < -0.3 is 15.1 Å². The fourth-order valence-corrected chi connectivity index (χ4v) is 3.28. The molecule has 1 aromatic carbocycles. The first-order valence-corrected chi connectivity index (χ1v) is 8.79. The fraction of sp³-hybridized carbons (Fsp3) is 0.263. The van der Waals surface area contributed by atoms with Crippen LogP contribution in [0.1, 0.15) is 40.2 Å². The quantitative estimate of drug-likeness (QED) is 0.635. The SMILES string of the molecule is O=C(NCc1ccc(F)cc1)c1cnn2c1N[C@@H](c1ccco1)C[C@H]2C(F)(F)F. The molecule has 3 heterocycles. The number of nitrogens with one attached hydrogen (secondary N) is 2. The number of hydrogen-bond acceptors (Lipinski definition) is 4. The van der Waals surface area contributed by atoms with Crippen LogP contribution in [0.5, 0.6) is 0 Å². The molecule has 0 aliphatic carbocycles. The van der Waals surface area contributed by atoms with Gasteiger partial charge in [0.25, 0.3) is 5.91 Å². The predicted molar refractivity (Wildman–Crippen MR) is 94.6 cm³/mol. The van der Waals surface area contributed by atoms with Crippen molar-refractivity contribution in [1.29, 1.82) is 0 Å². The molecule has 2 aromatic heterocycles. The number of furan rings is 1. The zero-order valence-electron chi connectivity index (χ0n) is 14.9. The van der Waals surface area contributed by atoms with Gasteiger partial charge in [0.2, 0.25) is 0 Å². The molecule has 2 atom stereocenters. The van der Waals surface area contributed by atoms with E-state index in [-0.39, 0.29) is 24.3 Å². The highest BCUT2D eigenvalue weighted by Gasteiger charge is 2.47. The van der Waals surface area contributed by atoms with Gasteiger partial charge in [0.1, 0.15) is 23.0 Å². The van der Waals surface area contributed by atoms with Gasteiger partial charge in [-0.1, -0.05) is 12.1 Å². The molecule has 10 heteroatoms. The molecular weight excluding hydrogens is 392 g/mol. The summed E-state index contributed by atoms with van der Waals surface area (Å²) < 4.78 is 59.8. The number of aromatic nitrogens is 2. The fourth-order valence-electron chi connectivity index (χ4n) is 3.28. The third-order valence-corrected chi connectivity index (χ3v) is 4.74. The topological polar surface area (TPSA) is 72.1 Å². The number of benzene rings is 1. The van der Waals surface area contributed by atoms with Crippen LogP contribution in [0.2, 0.25) is 0 Å². The van der Waals surface area contributed by atoms with Crippen LogP contribution in [0.4, 0.5) is 23.4 Å². The maximum absolute atomic E-state index is 13.6. The number of carbonyl (C=O) groups is 1. The summed E-state index contributed by atoms with van der Waals surface area (Å²) in [6, 6.07) is 6.03. The highest BCUT2D eigenvalue weighted by Crippen LogP contribution is 2.44. The highest BCUT2D eigenvalue weighted by molar-refractivity contribution is 5.98. The van der Waals surface area contributed by atoms with Crippen molar-refractivity contribution < 1.29 is 26.8 Å². The van der Waals surface area contributed by atoms with Crippen LogP contribution in [0.15, 0.2) is 53.3 Å². The molecule has 0 fully saturated rings. The number of anilines is 1. The third kappa shape index (κ3) is 3.82. The van der Waals surface area contributed by atoms with Gasteiger partial charge in [-0.25, -0.2) is 9.07 Å². The largest absolute Gasteiger partial charge is 0.467 e. The van der Waals surface area contributed by atoms with Gasteiger partial charge in [-0.15, -0.1) is 0 Å². The Bertz CT molecular complexity index is 996. The summed E-state index contributed by atoms with van der Waals surface area (Å²) in [4.78, 5) is 12.6. The minimum absolute atomic E-state index is 0.0161. The zero-order valence-corrected chi connectivity index (χ0v) is 14.9. The smallest absolute Gasteiger partial charge is 0.410 e. The van der Waals surface area contributed by atoms with E-state index in [0.717, 1.165) is 10.9 Å². The Hall–Kier alpha value is -3.30. The van der Waals surface area contributed by atoms with Gasteiger partial charge in [-0.05, 0) is 29.8 Å². The van der Waals surface area contributed by atoms with E-state index in [1.165, 1.54) is 30.5 Å². The molecule has 3 aromatic rings. The number of hydrogen-bond donors (Lipinski definition) is 2. The Morgan fingerprint density at radius 1 is 1.28 bits per heavy atom. The second-order valence-electron chi connectivity index (χ2n) is 6.67. The summed E-state index contributed by atoms with van der Waals surface area (Å²) >= 11 is 0. The minimum atomic E-state index is -4.55. The van der Waals surface area contributed by atoms with E-state index in [9.17, 15) is 22.4 Å². The molecule has 0 saturated heterocycles. The van der Waals surface area contributed by atoms with Crippen molar-refractivity contribution in [3.63, 3.8) is 0 Å². The maximum Gasteiger partial charge on any atom is 0.410 e. The number of nitrogens with zero attached hydrogens (tertiary/aromatic N) is 2. The Morgan fingerprint density at radius 2 is 2.03 bits per heavy atom. The Kier molecular flexibility index (Phi) is 4.77. The Morgan fingerprint density at radius 3 is 2.69 bits per heavy atom. The minimum Gasteiger partial charge on any atom is -0.467 e. The number of fused-ring (bicyclic) bond motifs is 1. The molecule has 29 heavy (non-hydrogen) atoms. The molecule has 1 aliphatic heterocycles. The lowest BCUT2D eigenvalue weighted by Crippen LogP contribution is -2.36. The van der Waals surface area contributed by atoms with E-state index in [0.29, 0.717) is 11.3 Å². The summed E-state index contributed by atoms with van der Waals surface area (Å²) in [5.74, 6) is -0.692. The molecule has 152 valence electrons. The monoisotopic (exact) mass is 408 g/mol.